The van der Waals surface area contributed by atoms with Crippen molar-refractivity contribution >= 4 is 33.0 Å². The van der Waals surface area contributed by atoms with Gasteiger partial charge < -0.3 is 15.1 Å². The van der Waals surface area contributed by atoms with Crippen LogP contribution in [-0.4, -0.2) is 93.4 Å². The average Bonchev–Trinajstić information content (AvgIpc) is 3.51. The third-order valence-corrected chi connectivity index (χ3v) is 9.92. The van der Waals surface area contributed by atoms with E-state index in [4.69, 9.17) is 4.84 Å². The van der Waals surface area contributed by atoms with Gasteiger partial charge in [-0.25, -0.2) is 18.5 Å². The van der Waals surface area contributed by atoms with Gasteiger partial charge in [-0.3, -0.25) is 9.74 Å². The predicted molar refractivity (Wildman–Crippen MR) is 166 cm³/mol. The first-order chi connectivity index (χ1) is 21.5. The Morgan fingerprint density at radius 3 is 2.33 bits per heavy atom. The Balaban J connectivity index is 1.27. The van der Waals surface area contributed by atoms with Crippen molar-refractivity contribution in [1.82, 2.24) is 19.8 Å². The Labute approximate surface area is 261 Å². The van der Waals surface area contributed by atoms with E-state index in [2.05, 4.69) is 37.0 Å². The van der Waals surface area contributed by atoms with E-state index in [1.165, 1.54) is 11.1 Å². The van der Waals surface area contributed by atoms with Crippen LogP contribution in [0.4, 0.5) is 36.3 Å². The summed E-state index contributed by atoms with van der Waals surface area (Å²) in [4.78, 5) is 21.1. The zero-order valence-corrected chi connectivity index (χ0v) is 26.2. The van der Waals surface area contributed by atoms with E-state index in [9.17, 15) is 21.6 Å². The maximum absolute atomic E-state index is 14.1. The number of rotatable bonds is 7. The third-order valence-electron chi connectivity index (χ3n) is 8.83. The molecule has 1 aromatic heterocycles. The maximum Gasteiger partial charge on any atom is 0.421 e. The molecule has 242 valence electrons. The fraction of sp³-hybridized carbons (Fsp3) is 0.484. The lowest BCUT2D eigenvalue weighted by atomic mass is 10.0. The van der Waals surface area contributed by atoms with Gasteiger partial charge in [0.05, 0.1) is 17.5 Å². The predicted octanol–water partition coefficient (Wildman–Crippen LogP) is 4.74. The van der Waals surface area contributed by atoms with Crippen molar-refractivity contribution in [2.45, 2.75) is 42.4 Å². The Morgan fingerprint density at radius 2 is 1.67 bits per heavy atom. The molecule has 3 aliphatic rings. The number of halogens is 3. The Kier molecular flexibility index (Phi) is 8.92. The standard InChI is InChI=1S/C31H38F3N7O3S/c1-38-13-15-40(16-14-38)24-8-11-39(12-9-24)25-18-23(19-26(20-25)45(2,42)43)36-30-35-21-27(31(32,33)34)29(37-30)41-28(10-17-44-41)22-6-4-3-5-7-22/h3-7,18-21,24,28H,8-17H2,1-2H3,(H,35,36,37)/t28-/m0/s1. The Hall–Kier alpha value is -3.46. The van der Waals surface area contributed by atoms with Crippen LogP contribution in [0.5, 0.6) is 0 Å². The summed E-state index contributed by atoms with van der Waals surface area (Å²) in [5, 5.41) is 4.18. The molecular formula is C31H38F3N7O3S. The van der Waals surface area contributed by atoms with E-state index < -0.39 is 33.4 Å². The first kappa shape index (κ1) is 31.5. The number of likely N-dealkylation sites (N-methyl/N-ethyl adjacent to an activating group) is 1. The molecule has 6 rings (SSSR count). The van der Waals surface area contributed by atoms with Crippen LogP contribution in [0, 0.1) is 0 Å². The van der Waals surface area contributed by atoms with Crippen LogP contribution in [0.3, 0.4) is 0 Å². The molecule has 0 unspecified atom stereocenters. The third kappa shape index (κ3) is 7.19. The number of nitrogens with zero attached hydrogens (tertiary/aromatic N) is 6. The lowest BCUT2D eigenvalue weighted by Gasteiger charge is -2.42. The van der Waals surface area contributed by atoms with E-state index in [1.54, 1.807) is 12.1 Å². The first-order valence-corrected chi connectivity index (χ1v) is 17.1. The number of aromatic nitrogens is 2. The van der Waals surface area contributed by atoms with E-state index in [0.29, 0.717) is 18.2 Å². The largest absolute Gasteiger partial charge is 0.421 e. The molecule has 3 aliphatic heterocycles. The van der Waals surface area contributed by atoms with E-state index in [0.717, 1.165) is 75.8 Å². The number of alkyl halides is 3. The second-order valence-corrected chi connectivity index (χ2v) is 14.0. The number of hydroxylamine groups is 1. The van der Waals surface area contributed by atoms with Crippen LogP contribution in [0.1, 0.15) is 36.4 Å². The Bertz CT molecular complexity index is 1590. The van der Waals surface area contributed by atoms with Gasteiger partial charge in [-0.05, 0) is 43.7 Å². The molecule has 0 spiro atoms. The van der Waals surface area contributed by atoms with Gasteiger partial charge in [0.1, 0.15) is 5.56 Å². The lowest BCUT2D eigenvalue weighted by molar-refractivity contribution is -0.138. The van der Waals surface area contributed by atoms with Gasteiger partial charge in [0.15, 0.2) is 15.7 Å². The van der Waals surface area contributed by atoms with E-state index >= 15 is 0 Å². The summed E-state index contributed by atoms with van der Waals surface area (Å²) in [6.07, 6.45) is -0.450. The zero-order valence-electron chi connectivity index (χ0n) is 25.4. The number of hydrogen-bond donors (Lipinski definition) is 1. The molecule has 0 saturated carbocycles. The maximum atomic E-state index is 14.1. The first-order valence-electron chi connectivity index (χ1n) is 15.2. The minimum Gasteiger partial charge on any atom is -0.371 e. The fourth-order valence-electron chi connectivity index (χ4n) is 6.31. The van der Waals surface area contributed by atoms with Crippen molar-refractivity contribution in [3.8, 4) is 0 Å². The molecule has 14 heteroatoms. The van der Waals surface area contributed by atoms with E-state index in [-0.39, 0.29) is 17.5 Å². The second kappa shape index (κ2) is 12.7. The van der Waals surface area contributed by atoms with Gasteiger partial charge in [-0.2, -0.15) is 18.2 Å². The number of sulfone groups is 1. The smallest absolute Gasteiger partial charge is 0.371 e. The monoisotopic (exact) mass is 645 g/mol. The van der Waals surface area contributed by atoms with E-state index in [1.807, 2.05) is 30.3 Å². The minimum absolute atomic E-state index is 0.0999. The molecule has 1 N–H and O–H groups in total. The van der Waals surface area contributed by atoms with Gasteiger partial charge in [0.2, 0.25) is 5.95 Å². The van der Waals surface area contributed by atoms with Crippen LogP contribution >= 0.6 is 0 Å². The molecule has 3 saturated heterocycles. The highest BCUT2D eigenvalue weighted by Crippen LogP contribution is 2.42. The van der Waals surface area contributed by atoms with Gasteiger partial charge in [-0.15, -0.1) is 0 Å². The highest BCUT2D eigenvalue weighted by Gasteiger charge is 2.40. The van der Waals surface area contributed by atoms with Gasteiger partial charge in [-0.1, -0.05) is 30.3 Å². The SMILES string of the molecule is CN1CCN(C2CCN(c3cc(Nc4ncc(C(F)(F)F)c(N5OCC[C@H]5c5ccccc5)n4)cc(S(C)(=O)=O)c3)CC2)CC1. The lowest BCUT2D eigenvalue weighted by Crippen LogP contribution is -2.52. The van der Waals surface area contributed by atoms with Crippen molar-refractivity contribution in [2.75, 3.05) is 74.5 Å². The molecule has 45 heavy (non-hydrogen) atoms. The minimum atomic E-state index is -4.72. The normalized spacial score (nSPS) is 21.0. The number of anilines is 4. The number of nitrogens with one attached hydrogen (secondary N) is 1. The molecule has 0 aliphatic carbocycles. The Morgan fingerprint density at radius 1 is 0.956 bits per heavy atom. The van der Waals surface area contributed by atoms with Crippen LogP contribution in [0.15, 0.2) is 59.6 Å². The molecule has 3 fully saturated rings. The summed E-state index contributed by atoms with van der Waals surface area (Å²) in [5.74, 6) is -0.512. The molecule has 0 bridgehead atoms. The van der Waals surface area contributed by atoms with Crippen molar-refractivity contribution in [1.29, 1.82) is 0 Å². The molecule has 4 heterocycles. The summed E-state index contributed by atoms with van der Waals surface area (Å²) in [6, 6.07) is 14.1. The summed E-state index contributed by atoms with van der Waals surface area (Å²) in [6.45, 7) is 5.95. The second-order valence-electron chi connectivity index (χ2n) is 12.0. The van der Waals surface area contributed by atoms with Crippen molar-refractivity contribution in [2.24, 2.45) is 0 Å². The van der Waals surface area contributed by atoms with Crippen LogP contribution in [-0.2, 0) is 20.9 Å². The highest BCUT2D eigenvalue weighted by atomic mass is 32.2. The van der Waals surface area contributed by atoms with Crippen molar-refractivity contribution < 1.29 is 26.4 Å². The number of piperidine rings is 1. The molecule has 10 nitrogen and oxygen atoms in total. The van der Waals surface area contributed by atoms with Gasteiger partial charge in [0.25, 0.3) is 0 Å². The molecule has 0 radical (unpaired) electrons. The molecule has 3 aromatic rings. The average molecular weight is 646 g/mol. The van der Waals surface area contributed by atoms with Crippen molar-refractivity contribution in [3.63, 3.8) is 0 Å². The molecular weight excluding hydrogens is 607 g/mol. The topological polar surface area (TPSA) is 94.1 Å². The van der Waals surface area contributed by atoms with Crippen molar-refractivity contribution in [3.05, 3.63) is 65.9 Å². The number of benzene rings is 2. The molecule has 0 amide bonds. The van der Waals surface area contributed by atoms with Crippen LogP contribution < -0.4 is 15.3 Å². The number of piperazine rings is 1. The summed E-state index contributed by atoms with van der Waals surface area (Å²) < 4.78 is 67.8. The summed E-state index contributed by atoms with van der Waals surface area (Å²) >= 11 is 0. The number of hydrogen-bond acceptors (Lipinski definition) is 10. The zero-order chi connectivity index (χ0) is 31.8. The summed E-state index contributed by atoms with van der Waals surface area (Å²) in [7, 11) is -1.46. The molecule has 1 atom stereocenters. The fourth-order valence-corrected chi connectivity index (χ4v) is 6.99. The highest BCUT2D eigenvalue weighted by molar-refractivity contribution is 7.90. The molecule has 2 aromatic carbocycles. The van der Waals surface area contributed by atoms with Gasteiger partial charge >= 0.3 is 6.18 Å². The van der Waals surface area contributed by atoms with Crippen LogP contribution in [0.2, 0.25) is 0 Å². The van der Waals surface area contributed by atoms with Gasteiger partial charge in [0, 0.05) is 75.6 Å². The summed E-state index contributed by atoms with van der Waals surface area (Å²) in [5.41, 5.74) is 0.862. The van der Waals surface area contributed by atoms with Crippen LogP contribution in [0.25, 0.3) is 0 Å². The quantitative estimate of drug-likeness (QED) is 0.389.